The van der Waals surface area contributed by atoms with Gasteiger partial charge in [-0.05, 0) is 54.7 Å². The normalized spacial score (nSPS) is 12.2. The van der Waals surface area contributed by atoms with Crippen molar-refractivity contribution in [2.45, 2.75) is 19.4 Å². The van der Waals surface area contributed by atoms with Crippen molar-refractivity contribution in [3.05, 3.63) is 76.8 Å². The molecule has 1 atom stereocenters. The minimum Gasteiger partial charge on any atom is -0.497 e. The van der Waals surface area contributed by atoms with Gasteiger partial charge in [-0.1, -0.05) is 30.3 Å². The van der Waals surface area contributed by atoms with Crippen molar-refractivity contribution in [3.8, 4) is 17.0 Å². The number of methoxy groups -OCH3 is 1. The molecule has 0 aliphatic heterocycles. The first kappa shape index (κ1) is 17.4. The van der Waals surface area contributed by atoms with Gasteiger partial charge < -0.3 is 4.74 Å². The maximum absolute atomic E-state index is 13.0. The first-order valence-corrected chi connectivity index (χ1v) is 9.49. The molecule has 4 rings (SSSR count). The smallest absolute Gasteiger partial charge is 0.273 e. The standard InChI is InChI=1S/C21H19N3O2S/c1-14(12-15-6-4-3-5-7-15)24-13-22-19-18(23-27-20(19)21(24)25)16-8-10-17(26-2)11-9-16/h3-11,13-14H,12H2,1-2H3. The van der Waals surface area contributed by atoms with E-state index in [1.807, 2.05) is 49.4 Å². The third kappa shape index (κ3) is 3.36. The lowest BCUT2D eigenvalue weighted by Crippen LogP contribution is -2.24. The quantitative estimate of drug-likeness (QED) is 0.519. The highest BCUT2D eigenvalue weighted by Crippen LogP contribution is 2.29. The van der Waals surface area contributed by atoms with E-state index in [4.69, 9.17) is 4.74 Å². The number of ether oxygens (including phenoxy) is 1. The van der Waals surface area contributed by atoms with E-state index in [2.05, 4.69) is 21.5 Å². The van der Waals surface area contributed by atoms with E-state index in [0.717, 1.165) is 23.4 Å². The topological polar surface area (TPSA) is 57.0 Å². The number of rotatable bonds is 5. The molecule has 27 heavy (non-hydrogen) atoms. The first-order chi connectivity index (χ1) is 13.2. The fourth-order valence-corrected chi connectivity index (χ4v) is 3.93. The number of fused-ring (bicyclic) bond motifs is 1. The predicted octanol–water partition coefficient (Wildman–Crippen LogP) is 4.33. The molecule has 0 saturated carbocycles. The summed E-state index contributed by atoms with van der Waals surface area (Å²) in [6, 6.07) is 17.8. The van der Waals surface area contributed by atoms with E-state index in [1.165, 1.54) is 17.1 Å². The molecule has 0 aliphatic carbocycles. The summed E-state index contributed by atoms with van der Waals surface area (Å²) in [5.74, 6) is 0.781. The zero-order chi connectivity index (χ0) is 18.8. The van der Waals surface area contributed by atoms with Crippen molar-refractivity contribution in [1.82, 2.24) is 13.9 Å². The van der Waals surface area contributed by atoms with E-state index >= 15 is 0 Å². The van der Waals surface area contributed by atoms with Crippen molar-refractivity contribution in [2.75, 3.05) is 7.11 Å². The lowest BCUT2D eigenvalue weighted by molar-refractivity contribution is 0.415. The van der Waals surface area contributed by atoms with E-state index in [9.17, 15) is 4.79 Å². The third-order valence-electron chi connectivity index (χ3n) is 4.62. The molecule has 5 nitrogen and oxygen atoms in total. The molecule has 0 aliphatic rings. The second kappa shape index (κ2) is 7.32. The van der Waals surface area contributed by atoms with Gasteiger partial charge in [0.15, 0.2) is 0 Å². The van der Waals surface area contributed by atoms with Crippen LogP contribution in [0, 0.1) is 0 Å². The molecule has 0 spiro atoms. The van der Waals surface area contributed by atoms with Gasteiger partial charge in [-0.3, -0.25) is 9.36 Å². The molecule has 2 aromatic heterocycles. The Hall–Kier alpha value is -2.99. The van der Waals surface area contributed by atoms with Gasteiger partial charge in [0.25, 0.3) is 5.56 Å². The summed E-state index contributed by atoms with van der Waals surface area (Å²) in [5, 5.41) is 0. The minimum atomic E-state index is -0.0410. The maximum Gasteiger partial charge on any atom is 0.273 e. The fourth-order valence-electron chi connectivity index (χ4n) is 3.14. The Morgan fingerprint density at radius 2 is 1.85 bits per heavy atom. The molecular weight excluding hydrogens is 358 g/mol. The van der Waals surface area contributed by atoms with Crippen LogP contribution < -0.4 is 10.3 Å². The van der Waals surface area contributed by atoms with E-state index in [0.29, 0.717) is 10.2 Å². The van der Waals surface area contributed by atoms with Gasteiger partial charge in [-0.2, -0.15) is 4.37 Å². The predicted molar refractivity (Wildman–Crippen MR) is 109 cm³/mol. The SMILES string of the molecule is COc1ccc(-c2nsc3c(=O)n(C(C)Cc4ccccc4)cnc23)cc1. The molecule has 4 aromatic rings. The van der Waals surface area contributed by atoms with Gasteiger partial charge in [0, 0.05) is 11.6 Å². The second-order valence-electron chi connectivity index (χ2n) is 6.43. The van der Waals surface area contributed by atoms with Crippen molar-refractivity contribution in [1.29, 1.82) is 0 Å². The van der Waals surface area contributed by atoms with Gasteiger partial charge in [0.05, 0.1) is 13.4 Å². The van der Waals surface area contributed by atoms with Crippen LogP contribution in [0.15, 0.2) is 65.7 Å². The Bertz CT molecular complexity index is 1120. The van der Waals surface area contributed by atoms with Crippen molar-refractivity contribution in [3.63, 3.8) is 0 Å². The number of benzene rings is 2. The van der Waals surface area contributed by atoms with Gasteiger partial charge in [0.1, 0.15) is 21.7 Å². The molecule has 6 heteroatoms. The summed E-state index contributed by atoms with van der Waals surface area (Å²) in [6.07, 6.45) is 2.41. The average Bonchev–Trinajstić information content (AvgIpc) is 3.14. The summed E-state index contributed by atoms with van der Waals surface area (Å²) in [5.41, 5.74) is 3.46. The van der Waals surface area contributed by atoms with Crippen LogP contribution in [0.4, 0.5) is 0 Å². The molecule has 0 bridgehead atoms. The van der Waals surface area contributed by atoms with Gasteiger partial charge in [-0.25, -0.2) is 4.98 Å². The molecule has 0 radical (unpaired) electrons. The summed E-state index contributed by atoms with van der Waals surface area (Å²) in [6.45, 7) is 2.04. The minimum absolute atomic E-state index is 0.0170. The largest absolute Gasteiger partial charge is 0.497 e. The van der Waals surface area contributed by atoms with Gasteiger partial charge in [-0.15, -0.1) is 0 Å². The summed E-state index contributed by atoms with van der Waals surface area (Å²) >= 11 is 1.21. The van der Waals surface area contributed by atoms with E-state index in [-0.39, 0.29) is 11.6 Å². The molecule has 0 amide bonds. The number of nitrogens with zero attached hydrogens (tertiary/aromatic N) is 3. The Kier molecular flexibility index (Phi) is 4.73. The van der Waals surface area contributed by atoms with Crippen LogP contribution in [-0.2, 0) is 6.42 Å². The van der Waals surface area contributed by atoms with Crippen molar-refractivity contribution in [2.24, 2.45) is 0 Å². The molecule has 136 valence electrons. The van der Waals surface area contributed by atoms with E-state index < -0.39 is 0 Å². The highest BCUT2D eigenvalue weighted by Gasteiger charge is 2.17. The molecule has 0 fully saturated rings. The zero-order valence-electron chi connectivity index (χ0n) is 15.1. The van der Waals surface area contributed by atoms with Crippen LogP contribution in [-0.4, -0.2) is 21.0 Å². The van der Waals surface area contributed by atoms with Gasteiger partial charge >= 0.3 is 0 Å². The number of hydrogen-bond acceptors (Lipinski definition) is 5. The van der Waals surface area contributed by atoms with Gasteiger partial charge in [0.2, 0.25) is 0 Å². The van der Waals surface area contributed by atoms with Crippen LogP contribution in [0.3, 0.4) is 0 Å². The monoisotopic (exact) mass is 377 g/mol. The fraction of sp³-hybridized carbons (Fsp3) is 0.190. The Labute approximate surface area is 161 Å². The lowest BCUT2D eigenvalue weighted by atomic mass is 10.1. The third-order valence-corrected chi connectivity index (χ3v) is 5.44. The molecule has 1 unspecified atom stereocenters. The van der Waals surface area contributed by atoms with Crippen LogP contribution in [0.2, 0.25) is 0 Å². The molecular formula is C21H19N3O2S. The molecule has 2 aromatic carbocycles. The van der Waals surface area contributed by atoms with Crippen molar-refractivity contribution >= 4 is 21.7 Å². The Morgan fingerprint density at radius 1 is 1.11 bits per heavy atom. The Morgan fingerprint density at radius 3 is 2.56 bits per heavy atom. The Balaban J connectivity index is 1.70. The number of hydrogen-bond donors (Lipinski definition) is 0. The highest BCUT2D eigenvalue weighted by atomic mass is 32.1. The maximum atomic E-state index is 13.0. The summed E-state index contributed by atoms with van der Waals surface area (Å²) in [7, 11) is 1.63. The molecule has 2 heterocycles. The molecule has 0 saturated heterocycles. The van der Waals surface area contributed by atoms with Crippen LogP contribution in [0.5, 0.6) is 5.75 Å². The summed E-state index contributed by atoms with van der Waals surface area (Å²) < 4.78 is 12.0. The average molecular weight is 377 g/mol. The summed E-state index contributed by atoms with van der Waals surface area (Å²) in [4.78, 5) is 17.5. The van der Waals surface area contributed by atoms with Crippen LogP contribution in [0.1, 0.15) is 18.5 Å². The number of aromatic nitrogens is 3. The zero-order valence-corrected chi connectivity index (χ0v) is 15.9. The first-order valence-electron chi connectivity index (χ1n) is 8.72. The van der Waals surface area contributed by atoms with Crippen LogP contribution in [0.25, 0.3) is 21.5 Å². The van der Waals surface area contributed by atoms with Crippen molar-refractivity contribution < 1.29 is 4.74 Å². The van der Waals surface area contributed by atoms with E-state index in [1.54, 1.807) is 18.0 Å². The molecule has 0 N–H and O–H groups in total. The van der Waals surface area contributed by atoms with Crippen LogP contribution >= 0.6 is 11.5 Å². The lowest BCUT2D eigenvalue weighted by Gasteiger charge is -2.14. The highest BCUT2D eigenvalue weighted by molar-refractivity contribution is 7.13. The second-order valence-corrected chi connectivity index (χ2v) is 7.21.